The van der Waals surface area contributed by atoms with Gasteiger partial charge in [0.25, 0.3) is 0 Å². The lowest BCUT2D eigenvalue weighted by Crippen LogP contribution is -2.31. The standard InChI is InChI=1S/C13H21N3O3/c1-8-10(11(18)19)6-15-12(16-8)14-5-9(7-17)13(2,3)4/h6,9,17H,5,7H2,1-4H3,(H,18,19)(H,14,15,16). The van der Waals surface area contributed by atoms with Gasteiger partial charge in [0.15, 0.2) is 0 Å². The zero-order valence-electron chi connectivity index (χ0n) is 11.8. The molecule has 1 aromatic heterocycles. The third kappa shape index (κ3) is 4.17. The quantitative estimate of drug-likeness (QED) is 0.749. The minimum Gasteiger partial charge on any atom is -0.478 e. The third-order valence-corrected chi connectivity index (χ3v) is 3.16. The lowest BCUT2D eigenvalue weighted by molar-refractivity contribution is 0.0695. The summed E-state index contributed by atoms with van der Waals surface area (Å²) >= 11 is 0. The molecule has 106 valence electrons. The summed E-state index contributed by atoms with van der Waals surface area (Å²) in [5.74, 6) is -0.590. The fourth-order valence-corrected chi connectivity index (χ4v) is 1.62. The third-order valence-electron chi connectivity index (χ3n) is 3.16. The molecular weight excluding hydrogens is 246 g/mol. The molecule has 0 bridgehead atoms. The first kappa shape index (κ1) is 15.4. The van der Waals surface area contributed by atoms with Crippen LogP contribution >= 0.6 is 0 Å². The zero-order valence-corrected chi connectivity index (χ0v) is 11.8. The van der Waals surface area contributed by atoms with Gasteiger partial charge in [-0.15, -0.1) is 0 Å². The highest BCUT2D eigenvalue weighted by Crippen LogP contribution is 2.25. The van der Waals surface area contributed by atoms with Crippen LogP contribution in [0, 0.1) is 18.3 Å². The molecule has 0 saturated heterocycles. The maximum atomic E-state index is 10.8. The second-order valence-electron chi connectivity index (χ2n) is 5.62. The van der Waals surface area contributed by atoms with Gasteiger partial charge in [0.05, 0.1) is 11.3 Å². The number of hydrogen-bond donors (Lipinski definition) is 3. The Bertz CT molecular complexity index is 455. The van der Waals surface area contributed by atoms with Crippen molar-refractivity contribution in [2.24, 2.45) is 11.3 Å². The van der Waals surface area contributed by atoms with Crippen molar-refractivity contribution < 1.29 is 15.0 Å². The van der Waals surface area contributed by atoms with Crippen molar-refractivity contribution in [3.05, 3.63) is 17.5 Å². The van der Waals surface area contributed by atoms with Crippen LogP contribution in [0.25, 0.3) is 0 Å². The number of anilines is 1. The molecule has 1 heterocycles. The van der Waals surface area contributed by atoms with Crippen molar-refractivity contribution in [3.63, 3.8) is 0 Å². The van der Waals surface area contributed by atoms with Crippen LogP contribution in [0.2, 0.25) is 0 Å². The summed E-state index contributed by atoms with van der Waals surface area (Å²) in [4.78, 5) is 18.9. The lowest BCUT2D eigenvalue weighted by Gasteiger charge is -2.29. The van der Waals surface area contributed by atoms with E-state index in [2.05, 4.69) is 36.1 Å². The topological polar surface area (TPSA) is 95.3 Å². The Kier molecular flexibility index (Phi) is 4.83. The second-order valence-corrected chi connectivity index (χ2v) is 5.62. The molecule has 1 unspecified atom stereocenters. The highest BCUT2D eigenvalue weighted by atomic mass is 16.4. The van der Waals surface area contributed by atoms with Crippen LogP contribution in [0.15, 0.2) is 6.20 Å². The molecule has 0 aromatic carbocycles. The second kappa shape index (κ2) is 5.97. The molecule has 1 aromatic rings. The largest absolute Gasteiger partial charge is 0.478 e. The van der Waals surface area contributed by atoms with Crippen molar-refractivity contribution in [1.29, 1.82) is 0 Å². The van der Waals surface area contributed by atoms with E-state index in [9.17, 15) is 9.90 Å². The molecule has 0 spiro atoms. The number of rotatable bonds is 5. The Balaban J connectivity index is 2.74. The summed E-state index contributed by atoms with van der Waals surface area (Å²) in [6.07, 6.45) is 1.29. The number of carboxylic acids is 1. The molecule has 6 nitrogen and oxygen atoms in total. The van der Waals surface area contributed by atoms with E-state index in [4.69, 9.17) is 5.11 Å². The van der Waals surface area contributed by atoms with E-state index in [0.29, 0.717) is 18.2 Å². The number of aliphatic hydroxyl groups is 1. The molecule has 3 N–H and O–H groups in total. The molecule has 1 atom stereocenters. The van der Waals surface area contributed by atoms with Gasteiger partial charge < -0.3 is 15.5 Å². The maximum Gasteiger partial charge on any atom is 0.339 e. The Morgan fingerprint density at radius 2 is 2.11 bits per heavy atom. The van der Waals surface area contributed by atoms with E-state index >= 15 is 0 Å². The fraction of sp³-hybridized carbons (Fsp3) is 0.615. The van der Waals surface area contributed by atoms with Crippen molar-refractivity contribution in [2.45, 2.75) is 27.7 Å². The van der Waals surface area contributed by atoms with Gasteiger partial charge in [-0.2, -0.15) is 0 Å². The van der Waals surface area contributed by atoms with Gasteiger partial charge in [0.2, 0.25) is 5.95 Å². The molecule has 0 radical (unpaired) electrons. The Morgan fingerprint density at radius 3 is 2.53 bits per heavy atom. The van der Waals surface area contributed by atoms with Crippen LogP contribution in [0.1, 0.15) is 36.8 Å². The highest BCUT2D eigenvalue weighted by molar-refractivity contribution is 5.88. The van der Waals surface area contributed by atoms with E-state index in [1.54, 1.807) is 6.92 Å². The van der Waals surface area contributed by atoms with Gasteiger partial charge in [-0.1, -0.05) is 20.8 Å². The number of aryl methyl sites for hydroxylation is 1. The lowest BCUT2D eigenvalue weighted by atomic mass is 9.81. The molecule has 1 rings (SSSR count). The molecule has 6 heteroatoms. The number of carboxylic acid groups (broad SMARTS) is 1. The number of hydrogen-bond acceptors (Lipinski definition) is 5. The zero-order chi connectivity index (χ0) is 14.6. The number of aromatic carboxylic acids is 1. The summed E-state index contributed by atoms with van der Waals surface area (Å²) in [6, 6.07) is 0. The molecule has 0 aliphatic carbocycles. The minimum absolute atomic E-state index is 0.0300. The first-order chi connectivity index (χ1) is 8.75. The number of nitrogens with zero attached hydrogens (tertiary/aromatic N) is 2. The first-order valence-electron chi connectivity index (χ1n) is 6.17. The van der Waals surface area contributed by atoms with Crippen molar-refractivity contribution in [3.8, 4) is 0 Å². The van der Waals surface area contributed by atoms with Crippen molar-refractivity contribution >= 4 is 11.9 Å². The van der Waals surface area contributed by atoms with Crippen molar-refractivity contribution in [1.82, 2.24) is 9.97 Å². The molecule has 0 amide bonds. The van der Waals surface area contributed by atoms with Crippen molar-refractivity contribution in [2.75, 3.05) is 18.5 Å². The first-order valence-corrected chi connectivity index (χ1v) is 6.17. The molecule has 0 aliphatic rings. The van der Waals surface area contributed by atoms with Crippen LogP contribution in [0.5, 0.6) is 0 Å². The Morgan fingerprint density at radius 1 is 1.47 bits per heavy atom. The molecular formula is C13H21N3O3. The summed E-state index contributed by atoms with van der Waals surface area (Å²) in [6.45, 7) is 8.39. The fourth-order valence-electron chi connectivity index (χ4n) is 1.62. The van der Waals surface area contributed by atoms with E-state index in [1.165, 1.54) is 6.20 Å². The SMILES string of the molecule is Cc1nc(NCC(CO)C(C)(C)C)ncc1C(=O)O. The summed E-state index contributed by atoms with van der Waals surface area (Å²) < 4.78 is 0. The predicted molar refractivity (Wildman–Crippen MR) is 72.2 cm³/mol. The Hall–Kier alpha value is -1.69. The van der Waals surface area contributed by atoms with Gasteiger partial charge in [-0.05, 0) is 12.3 Å². The average molecular weight is 267 g/mol. The van der Waals surface area contributed by atoms with E-state index in [-0.39, 0.29) is 23.5 Å². The summed E-state index contributed by atoms with van der Waals surface area (Å²) in [5, 5.41) is 21.3. The van der Waals surface area contributed by atoms with E-state index in [1.807, 2.05) is 0 Å². The minimum atomic E-state index is -1.04. The predicted octanol–water partition coefficient (Wildman–Crippen LogP) is 1.55. The van der Waals surface area contributed by atoms with E-state index in [0.717, 1.165) is 0 Å². The number of aromatic nitrogens is 2. The molecule has 0 saturated carbocycles. The smallest absolute Gasteiger partial charge is 0.339 e. The van der Waals surface area contributed by atoms with Crippen LogP contribution < -0.4 is 5.32 Å². The van der Waals surface area contributed by atoms with Crippen LogP contribution in [-0.2, 0) is 0 Å². The monoisotopic (exact) mass is 267 g/mol. The molecule has 0 fully saturated rings. The highest BCUT2D eigenvalue weighted by Gasteiger charge is 2.23. The van der Waals surface area contributed by atoms with E-state index < -0.39 is 5.97 Å². The van der Waals surface area contributed by atoms with Crippen LogP contribution in [0.4, 0.5) is 5.95 Å². The number of nitrogens with one attached hydrogen (secondary N) is 1. The van der Waals surface area contributed by atoms with Gasteiger partial charge in [0, 0.05) is 25.3 Å². The summed E-state index contributed by atoms with van der Waals surface area (Å²) in [5.41, 5.74) is 0.485. The number of carbonyl (C=O) groups is 1. The van der Waals surface area contributed by atoms with Gasteiger partial charge in [-0.3, -0.25) is 0 Å². The average Bonchev–Trinajstić information content (AvgIpc) is 2.27. The number of aliphatic hydroxyl groups excluding tert-OH is 1. The van der Waals surface area contributed by atoms with Gasteiger partial charge >= 0.3 is 5.97 Å². The van der Waals surface area contributed by atoms with Crippen LogP contribution in [-0.4, -0.2) is 39.3 Å². The van der Waals surface area contributed by atoms with Crippen LogP contribution in [0.3, 0.4) is 0 Å². The normalized spacial score (nSPS) is 13.1. The van der Waals surface area contributed by atoms with Gasteiger partial charge in [-0.25, -0.2) is 14.8 Å². The molecule has 0 aliphatic heterocycles. The summed E-state index contributed by atoms with van der Waals surface area (Å²) in [7, 11) is 0. The maximum absolute atomic E-state index is 10.8. The van der Waals surface area contributed by atoms with Gasteiger partial charge in [0.1, 0.15) is 0 Å². The Labute approximate surface area is 112 Å². The molecule has 19 heavy (non-hydrogen) atoms.